The molecule has 0 bridgehead atoms. The smallest absolute Gasteiger partial charge is 0.325 e. The summed E-state index contributed by atoms with van der Waals surface area (Å²) >= 11 is 5.90. The molecule has 4 aromatic rings. The standard InChI is InChI=1S/C24H17ClF3N3O3/c25-17-10-8-15(9-11-17)13-31-22(33)19-6-1-2-7-20(19)30(23(31)34)14-21(32)29-18-5-3-4-16(12-18)24(26,27)28/h1-12H,13-14H2,(H,29,32). The van der Waals surface area contributed by atoms with Crippen LogP contribution in [0.1, 0.15) is 11.1 Å². The minimum atomic E-state index is -4.56. The van der Waals surface area contributed by atoms with E-state index in [0.717, 1.165) is 21.3 Å². The zero-order valence-corrected chi connectivity index (χ0v) is 18.2. The molecule has 1 N–H and O–H groups in total. The van der Waals surface area contributed by atoms with E-state index in [1.54, 1.807) is 36.4 Å². The number of nitrogens with one attached hydrogen (secondary N) is 1. The molecule has 0 aliphatic carbocycles. The average molecular weight is 488 g/mol. The summed E-state index contributed by atoms with van der Waals surface area (Å²) in [4.78, 5) is 38.9. The van der Waals surface area contributed by atoms with Crippen LogP contribution in [0.2, 0.25) is 5.02 Å². The van der Waals surface area contributed by atoms with Gasteiger partial charge in [0.15, 0.2) is 0 Å². The number of benzene rings is 3. The molecule has 0 saturated heterocycles. The zero-order valence-electron chi connectivity index (χ0n) is 17.5. The number of fused-ring (bicyclic) bond motifs is 1. The summed E-state index contributed by atoms with van der Waals surface area (Å²) in [6.45, 7) is -0.550. The second-order valence-electron chi connectivity index (χ2n) is 7.53. The molecule has 0 atom stereocenters. The van der Waals surface area contributed by atoms with Crippen molar-refractivity contribution in [2.24, 2.45) is 0 Å². The molecule has 0 radical (unpaired) electrons. The molecule has 0 fully saturated rings. The highest BCUT2D eigenvalue weighted by atomic mass is 35.5. The normalized spacial score (nSPS) is 11.5. The Hall–Kier alpha value is -3.85. The number of para-hydroxylation sites is 1. The molecule has 10 heteroatoms. The van der Waals surface area contributed by atoms with Gasteiger partial charge in [0.2, 0.25) is 5.91 Å². The predicted molar refractivity (Wildman–Crippen MR) is 123 cm³/mol. The molecule has 1 aromatic heterocycles. The van der Waals surface area contributed by atoms with Crippen LogP contribution in [0, 0.1) is 0 Å². The number of alkyl halides is 3. The van der Waals surface area contributed by atoms with Crippen LogP contribution in [0.15, 0.2) is 82.4 Å². The Morgan fingerprint density at radius 2 is 1.62 bits per heavy atom. The van der Waals surface area contributed by atoms with Crippen molar-refractivity contribution >= 4 is 34.1 Å². The van der Waals surface area contributed by atoms with Crippen molar-refractivity contribution in [2.75, 3.05) is 5.32 Å². The van der Waals surface area contributed by atoms with Crippen LogP contribution in [0.3, 0.4) is 0 Å². The summed E-state index contributed by atoms with van der Waals surface area (Å²) in [6, 6.07) is 17.1. The second kappa shape index (κ2) is 9.18. The highest BCUT2D eigenvalue weighted by molar-refractivity contribution is 6.30. The van der Waals surface area contributed by atoms with Crippen molar-refractivity contribution < 1.29 is 18.0 Å². The van der Waals surface area contributed by atoms with Gasteiger partial charge < -0.3 is 5.32 Å². The van der Waals surface area contributed by atoms with Crippen LogP contribution in [0.4, 0.5) is 18.9 Å². The lowest BCUT2D eigenvalue weighted by molar-refractivity contribution is -0.137. The number of hydrogen-bond acceptors (Lipinski definition) is 3. The first-order valence-corrected chi connectivity index (χ1v) is 10.5. The van der Waals surface area contributed by atoms with Crippen molar-refractivity contribution in [2.45, 2.75) is 19.3 Å². The van der Waals surface area contributed by atoms with E-state index in [1.165, 1.54) is 24.3 Å². The zero-order chi connectivity index (χ0) is 24.5. The van der Waals surface area contributed by atoms with Crippen LogP contribution < -0.4 is 16.6 Å². The van der Waals surface area contributed by atoms with Crippen molar-refractivity contribution in [1.29, 1.82) is 0 Å². The fraction of sp³-hybridized carbons (Fsp3) is 0.125. The molecule has 3 aromatic carbocycles. The molecular weight excluding hydrogens is 471 g/mol. The largest absolute Gasteiger partial charge is 0.416 e. The van der Waals surface area contributed by atoms with Gasteiger partial charge >= 0.3 is 11.9 Å². The first-order chi connectivity index (χ1) is 16.1. The number of carbonyl (C=O) groups is 1. The van der Waals surface area contributed by atoms with E-state index in [-0.39, 0.29) is 23.1 Å². The van der Waals surface area contributed by atoms with Crippen LogP contribution in [-0.4, -0.2) is 15.0 Å². The quantitative estimate of drug-likeness (QED) is 0.450. The third kappa shape index (κ3) is 4.89. The molecule has 0 saturated carbocycles. The molecule has 1 amide bonds. The summed E-state index contributed by atoms with van der Waals surface area (Å²) in [5, 5.41) is 3.11. The maximum atomic E-state index is 13.2. The predicted octanol–water partition coefficient (Wildman–Crippen LogP) is 4.52. The lowest BCUT2D eigenvalue weighted by Gasteiger charge is -2.15. The first-order valence-electron chi connectivity index (χ1n) is 10.1. The summed E-state index contributed by atoms with van der Waals surface area (Å²) in [6.07, 6.45) is -4.56. The Bertz CT molecular complexity index is 1490. The van der Waals surface area contributed by atoms with E-state index in [9.17, 15) is 27.6 Å². The van der Waals surface area contributed by atoms with Crippen LogP contribution in [-0.2, 0) is 24.1 Å². The molecule has 0 spiro atoms. The lowest BCUT2D eigenvalue weighted by atomic mass is 10.2. The Balaban J connectivity index is 1.71. The van der Waals surface area contributed by atoms with Crippen LogP contribution in [0.25, 0.3) is 10.9 Å². The van der Waals surface area contributed by atoms with Crippen molar-refractivity contribution in [3.63, 3.8) is 0 Å². The fourth-order valence-electron chi connectivity index (χ4n) is 3.55. The van der Waals surface area contributed by atoms with Gasteiger partial charge in [-0.05, 0) is 48.0 Å². The van der Waals surface area contributed by atoms with Gasteiger partial charge in [0.25, 0.3) is 5.56 Å². The summed E-state index contributed by atoms with van der Waals surface area (Å²) < 4.78 is 41.0. The Kier molecular flexibility index (Phi) is 6.30. The maximum Gasteiger partial charge on any atom is 0.416 e. The second-order valence-corrected chi connectivity index (χ2v) is 7.97. The van der Waals surface area contributed by atoms with Gasteiger partial charge in [-0.25, -0.2) is 4.79 Å². The SMILES string of the molecule is O=C(Cn1c(=O)n(Cc2ccc(Cl)cc2)c(=O)c2ccccc21)Nc1cccc(C(F)(F)F)c1. The average Bonchev–Trinajstić information content (AvgIpc) is 2.80. The van der Waals surface area contributed by atoms with Gasteiger partial charge in [-0.3, -0.25) is 18.7 Å². The van der Waals surface area contributed by atoms with Gasteiger partial charge in [0, 0.05) is 10.7 Å². The first kappa shape index (κ1) is 23.3. The van der Waals surface area contributed by atoms with Gasteiger partial charge in [-0.15, -0.1) is 0 Å². The molecule has 174 valence electrons. The number of nitrogens with zero attached hydrogens (tertiary/aromatic N) is 2. The van der Waals surface area contributed by atoms with E-state index in [1.807, 2.05) is 0 Å². The Labute approximate surface area is 195 Å². The third-order valence-electron chi connectivity index (χ3n) is 5.16. The van der Waals surface area contributed by atoms with Gasteiger partial charge in [-0.1, -0.05) is 41.9 Å². The number of hydrogen-bond donors (Lipinski definition) is 1. The monoisotopic (exact) mass is 487 g/mol. The third-order valence-corrected chi connectivity index (χ3v) is 5.41. The highest BCUT2D eigenvalue weighted by Gasteiger charge is 2.30. The topological polar surface area (TPSA) is 73.1 Å². The van der Waals surface area contributed by atoms with Crippen LogP contribution >= 0.6 is 11.6 Å². The molecule has 0 aliphatic heterocycles. The van der Waals surface area contributed by atoms with E-state index in [0.29, 0.717) is 10.6 Å². The van der Waals surface area contributed by atoms with E-state index in [2.05, 4.69) is 5.32 Å². The molecule has 4 rings (SSSR count). The van der Waals surface area contributed by atoms with E-state index in [4.69, 9.17) is 11.6 Å². The van der Waals surface area contributed by atoms with Gasteiger partial charge in [0.05, 0.1) is 23.0 Å². The van der Waals surface area contributed by atoms with Gasteiger partial charge in [0.1, 0.15) is 6.54 Å². The molecule has 34 heavy (non-hydrogen) atoms. The number of carbonyl (C=O) groups excluding carboxylic acids is 1. The van der Waals surface area contributed by atoms with Crippen molar-refractivity contribution in [3.05, 3.63) is 110 Å². The summed E-state index contributed by atoms with van der Waals surface area (Å²) in [7, 11) is 0. The van der Waals surface area contributed by atoms with Crippen molar-refractivity contribution in [3.8, 4) is 0 Å². The molecule has 1 heterocycles. The highest BCUT2D eigenvalue weighted by Crippen LogP contribution is 2.30. The fourth-order valence-corrected chi connectivity index (χ4v) is 3.68. The lowest BCUT2D eigenvalue weighted by Crippen LogP contribution is -2.42. The number of halogens is 4. The molecule has 0 aliphatic rings. The number of aromatic nitrogens is 2. The summed E-state index contributed by atoms with van der Waals surface area (Å²) in [5.74, 6) is -0.719. The Morgan fingerprint density at radius 1 is 0.912 bits per heavy atom. The number of amides is 1. The number of anilines is 1. The molecular formula is C24H17ClF3N3O3. The van der Waals surface area contributed by atoms with Crippen LogP contribution in [0.5, 0.6) is 0 Å². The number of rotatable bonds is 5. The minimum Gasteiger partial charge on any atom is -0.325 e. The van der Waals surface area contributed by atoms with E-state index < -0.39 is 35.4 Å². The molecule has 0 unspecified atom stereocenters. The maximum absolute atomic E-state index is 13.2. The minimum absolute atomic E-state index is 0.0467. The molecule has 6 nitrogen and oxygen atoms in total. The Morgan fingerprint density at radius 3 is 2.32 bits per heavy atom. The van der Waals surface area contributed by atoms with Gasteiger partial charge in [-0.2, -0.15) is 13.2 Å². The summed E-state index contributed by atoms with van der Waals surface area (Å²) in [5.41, 5.74) is -1.33. The van der Waals surface area contributed by atoms with Crippen molar-refractivity contribution in [1.82, 2.24) is 9.13 Å². The van der Waals surface area contributed by atoms with E-state index >= 15 is 0 Å².